The van der Waals surface area contributed by atoms with Gasteiger partial charge in [0.15, 0.2) is 5.82 Å². The number of carbonyl (C=O) groups is 1. The molecule has 1 atom stereocenters. The number of carbonyl (C=O) groups excluding carboxylic acids is 1. The fourth-order valence-electron chi connectivity index (χ4n) is 2.41. The molecule has 0 N–H and O–H groups in total. The Labute approximate surface area is 120 Å². The van der Waals surface area contributed by atoms with E-state index in [1.807, 2.05) is 4.90 Å². The number of hydrogen-bond donors (Lipinski definition) is 0. The lowest BCUT2D eigenvalue weighted by Gasteiger charge is -2.30. The molecule has 2 aromatic heterocycles. The summed E-state index contributed by atoms with van der Waals surface area (Å²) in [4.78, 5) is 19.2. The minimum absolute atomic E-state index is 0.00145. The molecule has 1 unspecified atom stereocenters. The van der Waals surface area contributed by atoms with Crippen molar-refractivity contribution in [2.45, 2.75) is 32.6 Å². The van der Waals surface area contributed by atoms with E-state index in [1.165, 1.54) is 0 Å². The summed E-state index contributed by atoms with van der Waals surface area (Å²) < 4.78 is 9.05. The van der Waals surface area contributed by atoms with Crippen molar-refractivity contribution in [1.29, 1.82) is 0 Å². The van der Waals surface area contributed by atoms with E-state index < -0.39 is 0 Å². The van der Waals surface area contributed by atoms with Gasteiger partial charge in [-0.15, -0.1) is 5.10 Å². The van der Waals surface area contributed by atoms with Gasteiger partial charge in [-0.2, -0.15) is 4.98 Å². The molecule has 7 nitrogen and oxygen atoms in total. The molecule has 3 rings (SSSR count). The highest BCUT2D eigenvalue weighted by atomic mass is 32.1. The maximum atomic E-state index is 12.5. The van der Waals surface area contributed by atoms with Crippen molar-refractivity contribution in [1.82, 2.24) is 24.6 Å². The monoisotopic (exact) mass is 293 g/mol. The summed E-state index contributed by atoms with van der Waals surface area (Å²) in [7, 11) is 0. The van der Waals surface area contributed by atoms with Gasteiger partial charge in [0.05, 0.1) is 11.6 Å². The molecule has 0 spiro atoms. The first-order valence-corrected chi connectivity index (χ1v) is 7.31. The molecule has 0 bridgehead atoms. The van der Waals surface area contributed by atoms with Crippen LogP contribution < -0.4 is 0 Å². The van der Waals surface area contributed by atoms with Crippen LogP contribution in [-0.4, -0.2) is 43.6 Å². The molecule has 0 aliphatic carbocycles. The Balaban J connectivity index is 1.75. The molecule has 3 heterocycles. The van der Waals surface area contributed by atoms with Gasteiger partial charge in [-0.25, -0.2) is 0 Å². The van der Waals surface area contributed by atoms with E-state index in [1.54, 1.807) is 13.8 Å². The zero-order valence-corrected chi connectivity index (χ0v) is 12.2. The molecule has 1 amide bonds. The van der Waals surface area contributed by atoms with Gasteiger partial charge in [0, 0.05) is 13.1 Å². The SMILES string of the molecule is Cc1noc(C2CCCN(C(=O)c3snnc3C)C2)n1. The molecule has 1 aliphatic heterocycles. The maximum absolute atomic E-state index is 12.5. The molecule has 0 radical (unpaired) electrons. The second-order valence-electron chi connectivity index (χ2n) is 4.96. The van der Waals surface area contributed by atoms with E-state index in [0.717, 1.165) is 30.9 Å². The van der Waals surface area contributed by atoms with Crippen LogP contribution in [0.3, 0.4) is 0 Å². The number of amides is 1. The van der Waals surface area contributed by atoms with Crippen molar-refractivity contribution in [3.05, 3.63) is 22.3 Å². The van der Waals surface area contributed by atoms with Gasteiger partial charge in [0.25, 0.3) is 5.91 Å². The van der Waals surface area contributed by atoms with Crippen LogP contribution in [0.4, 0.5) is 0 Å². The summed E-state index contributed by atoms with van der Waals surface area (Å²) in [5, 5.41) is 7.71. The molecular formula is C12H15N5O2S. The Morgan fingerprint density at radius 2 is 2.30 bits per heavy atom. The standard InChI is InChI=1S/C12H15N5O2S/c1-7-10(20-16-14-7)12(18)17-5-3-4-9(6-17)11-13-8(2)15-19-11/h9H,3-6H2,1-2H3. The van der Waals surface area contributed by atoms with Gasteiger partial charge in [-0.1, -0.05) is 9.64 Å². The number of nitrogens with zero attached hydrogens (tertiary/aromatic N) is 5. The van der Waals surface area contributed by atoms with E-state index in [-0.39, 0.29) is 11.8 Å². The fourth-order valence-corrected chi connectivity index (χ4v) is 3.04. The van der Waals surface area contributed by atoms with Gasteiger partial charge in [0.2, 0.25) is 5.89 Å². The molecule has 0 saturated carbocycles. The molecule has 1 saturated heterocycles. The Bertz CT molecular complexity index is 623. The lowest BCUT2D eigenvalue weighted by atomic mass is 9.98. The van der Waals surface area contributed by atoms with E-state index in [0.29, 0.717) is 28.8 Å². The number of rotatable bonds is 2. The van der Waals surface area contributed by atoms with E-state index in [4.69, 9.17) is 4.52 Å². The smallest absolute Gasteiger partial charge is 0.267 e. The number of aromatic nitrogens is 4. The average molecular weight is 293 g/mol. The van der Waals surface area contributed by atoms with Gasteiger partial charge in [-0.3, -0.25) is 4.79 Å². The Morgan fingerprint density at radius 3 is 2.95 bits per heavy atom. The Kier molecular flexibility index (Phi) is 3.47. The van der Waals surface area contributed by atoms with E-state index in [9.17, 15) is 4.79 Å². The topological polar surface area (TPSA) is 85.0 Å². The summed E-state index contributed by atoms with van der Waals surface area (Å²) in [5.74, 6) is 1.37. The van der Waals surface area contributed by atoms with Gasteiger partial charge in [0.1, 0.15) is 4.88 Å². The maximum Gasteiger partial charge on any atom is 0.267 e. The minimum Gasteiger partial charge on any atom is -0.339 e. The number of aryl methyl sites for hydroxylation is 2. The highest BCUT2D eigenvalue weighted by Gasteiger charge is 2.30. The second kappa shape index (κ2) is 5.28. The number of hydrogen-bond acceptors (Lipinski definition) is 7. The average Bonchev–Trinajstić information content (AvgIpc) is 3.07. The zero-order chi connectivity index (χ0) is 14.1. The van der Waals surface area contributed by atoms with Crippen molar-refractivity contribution in [3.63, 3.8) is 0 Å². The van der Waals surface area contributed by atoms with Gasteiger partial charge in [-0.05, 0) is 38.2 Å². The van der Waals surface area contributed by atoms with Crippen LogP contribution in [0, 0.1) is 13.8 Å². The third kappa shape index (κ3) is 2.43. The van der Waals surface area contributed by atoms with Crippen LogP contribution >= 0.6 is 11.5 Å². The molecule has 0 aromatic carbocycles. The quantitative estimate of drug-likeness (QED) is 0.835. The normalized spacial score (nSPS) is 19.3. The third-order valence-electron chi connectivity index (χ3n) is 3.45. The van der Waals surface area contributed by atoms with E-state index >= 15 is 0 Å². The fraction of sp³-hybridized carbons (Fsp3) is 0.583. The Morgan fingerprint density at radius 1 is 1.45 bits per heavy atom. The summed E-state index contributed by atoms with van der Waals surface area (Å²) in [6.45, 7) is 4.96. The highest BCUT2D eigenvalue weighted by Crippen LogP contribution is 2.27. The van der Waals surface area contributed by atoms with Crippen molar-refractivity contribution in [2.24, 2.45) is 0 Å². The number of piperidine rings is 1. The van der Waals surface area contributed by atoms with Gasteiger partial charge >= 0.3 is 0 Å². The first-order chi connectivity index (χ1) is 9.65. The summed E-state index contributed by atoms with van der Waals surface area (Å²) in [6, 6.07) is 0. The summed E-state index contributed by atoms with van der Waals surface area (Å²) in [5.41, 5.74) is 0.691. The molecule has 1 fully saturated rings. The van der Waals surface area contributed by atoms with Gasteiger partial charge < -0.3 is 9.42 Å². The van der Waals surface area contributed by atoms with Crippen molar-refractivity contribution < 1.29 is 9.32 Å². The predicted octanol–water partition coefficient (Wildman–Crippen LogP) is 1.56. The Hall–Kier alpha value is -1.83. The molecule has 8 heteroatoms. The number of likely N-dealkylation sites (tertiary alicyclic amines) is 1. The van der Waals surface area contributed by atoms with Crippen LogP contribution in [0.5, 0.6) is 0 Å². The second-order valence-corrected chi connectivity index (χ2v) is 5.71. The molecule has 20 heavy (non-hydrogen) atoms. The van der Waals surface area contributed by atoms with Crippen LogP contribution in [0.1, 0.15) is 45.8 Å². The van der Waals surface area contributed by atoms with Crippen molar-refractivity contribution in [2.75, 3.05) is 13.1 Å². The molecule has 1 aliphatic rings. The third-order valence-corrected chi connectivity index (χ3v) is 4.26. The van der Waals surface area contributed by atoms with Crippen molar-refractivity contribution in [3.8, 4) is 0 Å². The highest BCUT2D eigenvalue weighted by molar-refractivity contribution is 7.07. The first-order valence-electron chi connectivity index (χ1n) is 6.53. The molecular weight excluding hydrogens is 278 g/mol. The van der Waals surface area contributed by atoms with Crippen molar-refractivity contribution >= 4 is 17.4 Å². The zero-order valence-electron chi connectivity index (χ0n) is 11.4. The van der Waals surface area contributed by atoms with Crippen LogP contribution in [0.15, 0.2) is 4.52 Å². The minimum atomic E-state index is -0.00145. The summed E-state index contributed by atoms with van der Waals surface area (Å²) >= 11 is 1.15. The molecule has 2 aromatic rings. The van der Waals surface area contributed by atoms with Crippen LogP contribution in [0.25, 0.3) is 0 Å². The first kappa shape index (κ1) is 13.2. The lowest BCUT2D eigenvalue weighted by molar-refractivity contribution is 0.0699. The van der Waals surface area contributed by atoms with Crippen LogP contribution in [-0.2, 0) is 0 Å². The lowest BCUT2D eigenvalue weighted by Crippen LogP contribution is -2.39. The van der Waals surface area contributed by atoms with E-state index in [2.05, 4.69) is 19.7 Å². The molecule has 106 valence electrons. The largest absolute Gasteiger partial charge is 0.339 e. The summed E-state index contributed by atoms with van der Waals surface area (Å²) in [6.07, 6.45) is 1.90. The van der Waals surface area contributed by atoms with Crippen LogP contribution in [0.2, 0.25) is 0 Å². The predicted molar refractivity (Wildman–Crippen MR) is 71.6 cm³/mol.